The van der Waals surface area contributed by atoms with Crippen LogP contribution in [0.4, 0.5) is 14.6 Å². The molecule has 40 heavy (non-hydrogen) atoms. The van der Waals surface area contributed by atoms with E-state index in [2.05, 4.69) is 26.6 Å². The molecule has 7 rings (SSSR count). The van der Waals surface area contributed by atoms with Crippen LogP contribution in [0.25, 0.3) is 16.0 Å². The van der Waals surface area contributed by atoms with Crippen LogP contribution in [0.2, 0.25) is 0 Å². The van der Waals surface area contributed by atoms with Crippen molar-refractivity contribution in [1.29, 1.82) is 5.26 Å². The summed E-state index contributed by atoms with van der Waals surface area (Å²) >= 11 is 0.824. The van der Waals surface area contributed by atoms with Crippen LogP contribution in [0.15, 0.2) is 53.8 Å². The number of halogens is 2. The fourth-order valence-electron chi connectivity index (χ4n) is 5.62. The SMILES string of the molecule is N#CC1(N2CN=C(N3CCNCC3C(=O)c3ccncc3)c3c2n(-c2nnc(C(F)F)s2)c2ccccc32)CC1. The van der Waals surface area contributed by atoms with E-state index in [1.54, 1.807) is 24.5 Å². The van der Waals surface area contributed by atoms with Crippen LogP contribution >= 0.6 is 11.3 Å². The Hall–Kier alpha value is -4.28. The topological polar surface area (TPSA) is 115 Å². The Balaban J connectivity index is 1.43. The van der Waals surface area contributed by atoms with Crippen molar-refractivity contribution in [3.8, 4) is 11.2 Å². The number of aliphatic imine (C=N–C) groups is 1. The second kappa shape index (κ2) is 9.42. The summed E-state index contributed by atoms with van der Waals surface area (Å²) < 4.78 is 28.9. The summed E-state index contributed by atoms with van der Waals surface area (Å²) in [5, 5.41) is 22.1. The molecule has 1 saturated carbocycles. The van der Waals surface area contributed by atoms with Gasteiger partial charge < -0.3 is 15.1 Å². The molecule has 1 saturated heterocycles. The highest BCUT2D eigenvalue weighted by molar-refractivity contribution is 7.13. The molecule has 3 aromatic heterocycles. The van der Waals surface area contributed by atoms with E-state index in [1.165, 1.54) is 0 Å². The summed E-state index contributed by atoms with van der Waals surface area (Å²) in [4.78, 5) is 26.7. The minimum Gasteiger partial charge on any atom is -0.343 e. The van der Waals surface area contributed by atoms with Gasteiger partial charge >= 0.3 is 0 Å². The lowest BCUT2D eigenvalue weighted by Gasteiger charge is -2.41. The number of carbonyl (C=O) groups excluding carboxylic acids is 1. The van der Waals surface area contributed by atoms with Crippen molar-refractivity contribution in [2.75, 3.05) is 31.2 Å². The number of carbonyl (C=O) groups is 1. The fraction of sp³-hybridized carbons (Fsp3) is 0.333. The highest BCUT2D eigenvalue weighted by Crippen LogP contribution is 2.49. The molecule has 0 radical (unpaired) electrons. The normalized spacial score (nSPS) is 19.9. The molecule has 0 amide bonds. The zero-order chi connectivity index (χ0) is 27.4. The van der Waals surface area contributed by atoms with Gasteiger partial charge in [0.15, 0.2) is 10.8 Å². The molecule has 1 atom stereocenters. The van der Waals surface area contributed by atoms with Crippen molar-refractivity contribution in [3.05, 3.63) is 64.9 Å². The van der Waals surface area contributed by atoms with Gasteiger partial charge in [-0.05, 0) is 31.0 Å². The number of rotatable bonds is 5. The molecule has 5 heterocycles. The van der Waals surface area contributed by atoms with Gasteiger partial charge in [0.1, 0.15) is 29.9 Å². The van der Waals surface area contributed by atoms with Crippen LogP contribution in [0.3, 0.4) is 0 Å². The Morgan fingerprint density at radius 2 is 1.98 bits per heavy atom. The first-order chi connectivity index (χ1) is 19.5. The molecule has 13 heteroatoms. The summed E-state index contributed by atoms with van der Waals surface area (Å²) in [6.45, 7) is 1.82. The predicted octanol–water partition coefficient (Wildman–Crippen LogP) is 3.55. The quantitative estimate of drug-likeness (QED) is 0.369. The van der Waals surface area contributed by atoms with Crippen molar-refractivity contribution >= 4 is 39.7 Å². The number of fused-ring (bicyclic) bond motifs is 3. The number of amidine groups is 1. The maximum absolute atomic E-state index is 13.7. The molecule has 1 aliphatic carbocycles. The van der Waals surface area contributed by atoms with Gasteiger partial charge in [-0.25, -0.2) is 13.8 Å². The maximum atomic E-state index is 13.7. The number of nitrogens with one attached hydrogen (secondary N) is 1. The van der Waals surface area contributed by atoms with E-state index >= 15 is 0 Å². The number of alkyl halides is 2. The van der Waals surface area contributed by atoms with Crippen molar-refractivity contribution in [2.45, 2.75) is 30.8 Å². The number of piperazine rings is 1. The van der Waals surface area contributed by atoms with Gasteiger partial charge in [0.05, 0.1) is 17.1 Å². The van der Waals surface area contributed by atoms with Crippen molar-refractivity contribution in [3.63, 3.8) is 0 Å². The monoisotopic (exact) mass is 559 g/mol. The number of pyridine rings is 1. The van der Waals surface area contributed by atoms with Gasteiger partial charge in [0.25, 0.3) is 6.43 Å². The zero-order valence-corrected chi connectivity index (χ0v) is 22.0. The third kappa shape index (κ3) is 3.78. The van der Waals surface area contributed by atoms with Gasteiger partial charge in [-0.3, -0.25) is 14.3 Å². The van der Waals surface area contributed by atoms with Crippen molar-refractivity contribution < 1.29 is 13.6 Å². The van der Waals surface area contributed by atoms with Crippen molar-refractivity contribution in [1.82, 2.24) is 30.0 Å². The van der Waals surface area contributed by atoms with Gasteiger partial charge in [-0.1, -0.05) is 29.5 Å². The number of hydrogen-bond acceptors (Lipinski definition) is 10. The third-order valence-electron chi connectivity index (χ3n) is 7.73. The average Bonchev–Trinajstić information content (AvgIpc) is 3.50. The van der Waals surface area contributed by atoms with Gasteiger partial charge in [-0.15, -0.1) is 10.2 Å². The Morgan fingerprint density at radius 1 is 1.18 bits per heavy atom. The molecular formula is C27H23F2N9OS. The molecule has 10 nitrogen and oxygen atoms in total. The number of nitriles is 1. The number of nitrogens with zero attached hydrogens (tertiary/aromatic N) is 8. The molecule has 0 spiro atoms. The van der Waals surface area contributed by atoms with E-state index < -0.39 is 18.0 Å². The summed E-state index contributed by atoms with van der Waals surface area (Å²) in [5.41, 5.74) is 1.31. The summed E-state index contributed by atoms with van der Waals surface area (Å²) in [5.74, 6) is 1.25. The minimum absolute atomic E-state index is 0.0496. The number of ketones is 1. The van der Waals surface area contributed by atoms with Crippen LogP contribution in [0.5, 0.6) is 0 Å². The Kier molecular flexibility index (Phi) is 5.83. The highest BCUT2D eigenvalue weighted by atomic mass is 32.1. The number of hydrogen-bond donors (Lipinski definition) is 1. The standard InChI is InChI=1S/C27H23F2N9OS/c28-22(29)24-34-35-26(40-24)38-18-4-2-1-3-17(18)20-23(33-15-37(25(20)38)27(14-30)7-8-27)36-12-11-32-13-19(36)21(39)16-5-9-31-10-6-16/h1-6,9-10,19,22,32H,7-8,11-13,15H2. The first kappa shape index (κ1) is 24.7. The molecule has 4 aromatic rings. The van der Waals surface area contributed by atoms with Gasteiger partial charge in [-0.2, -0.15) is 5.26 Å². The first-order valence-corrected chi connectivity index (χ1v) is 13.7. The van der Waals surface area contributed by atoms with Crippen LogP contribution in [0.1, 0.15) is 40.2 Å². The Labute approximate surface area is 231 Å². The van der Waals surface area contributed by atoms with E-state index in [1.807, 2.05) is 38.6 Å². The molecule has 2 fully saturated rings. The molecular weight excluding hydrogens is 536 g/mol. The average molecular weight is 560 g/mol. The second-order valence-electron chi connectivity index (χ2n) is 9.98. The summed E-state index contributed by atoms with van der Waals surface area (Å²) in [7, 11) is 0. The van der Waals surface area contributed by atoms with Gasteiger partial charge in [0.2, 0.25) is 5.13 Å². The molecule has 0 bridgehead atoms. The summed E-state index contributed by atoms with van der Waals surface area (Å²) in [6, 6.07) is 13.0. The van der Waals surface area contributed by atoms with E-state index in [0.717, 1.165) is 27.8 Å². The van der Waals surface area contributed by atoms with Crippen LogP contribution < -0.4 is 10.2 Å². The largest absolute Gasteiger partial charge is 0.343 e. The minimum atomic E-state index is -2.74. The summed E-state index contributed by atoms with van der Waals surface area (Å²) in [6.07, 6.45) is 1.80. The molecule has 1 aromatic carbocycles. The Morgan fingerprint density at radius 3 is 2.70 bits per heavy atom. The van der Waals surface area contributed by atoms with E-state index in [9.17, 15) is 18.8 Å². The number of anilines is 1. The third-order valence-corrected chi connectivity index (χ3v) is 8.65. The highest BCUT2D eigenvalue weighted by Gasteiger charge is 2.52. The number of benzene rings is 1. The molecule has 202 valence electrons. The van der Waals surface area contributed by atoms with E-state index in [4.69, 9.17) is 4.99 Å². The molecule has 1 N–H and O–H groups in total. The lowest BCUT2D eigenvalue weighted by Crippen LogP contribution is -2.58. The van der Waals surface area contributed by atoms with Crippen molar-refractivity contribution in [2.24, 2.45) is 4.99 Å². The number of para-hydroxylation sites is 1. The van der Waals surface area contributed by atoms with Crippen LogP contribution in [-0.2, 0) is 0 Å². The molecule has 2 aliphatic heterocycles. The first-order valence-electron chi connectivity index (χ1n) is 12.9. The van der Waals surface area contributed by atoms with E-state index in [-0.39, 0.29) is 22.6 Å². The van der Waals surface area contributed by atoms with Crippen LogP contribution in [0, 0.1) is 11.3 Å². The lowest BCUT2D eigenvalue weighted by atomic mass is 9.99. The van der Waals surface area contributed by atoms with Gasteiger partial charge in [0, 0.05) is 43.0 Å². The fourth-order valence-corrected chi connectivity index (χ4v) is 6.33. The molecule has 1 unspecified atom stereocenters. The van der Waals surface area contributed by atoms with Crippen LogP contribution in [-0.4, -0.2) is 74.2 Å². The molecule has 3 aliphatic rings. The maximum Gasteiger partial charge on any atom is 0.291 e. The zero-order valence-electron chi connectivity index (χ0n) is 21.2. The second-order valence-corrected chi connectivity index (χ2v) is 11.0. The predicted molar refractivity (Wildman–Crippen MR) is 145 cm³/mol. The Bertz CT molecular complexity index is 1690. The van der Waals surface area contributed by atoms with E-state index in [0.29, 0.717) is 49.7 Å². The number of aromatic nitrogens is 4. The smallest absolute Gasteiger partial charge is 0.291 e. The lowest BCUT2D eigenvalue weighted by molar-refractivity contribution is 0.0865. The number of Topliss-reactive ketones (excluding diaryl/α,β-unsaturated/α-hetero) is 1.